The molecular weight excluding hydrogens is 322 g/mol. The van der Waals surface area contributed by atoms with Gasteiger partial charge in [0.05, 0.1) is 11.0 Å². The number of hydrogen-bond acceptors (Lipinski definition) is 7. The van der Waals surface area contributed by atoms with Crippen LogP contribution in [0.25, 0.3) is 21.8 Å². The number of fused-ring (bicyclic) bond motifs is 2. The van der Waals surface area contributed by atoms with Crippen LogP contribution >= 0.6 is 0 Å². The number of nitrogens with two attached hydrogens (primary N) is 2. The molecule has 0 aliphatic rings. The molecule has 1 unspecified atom stereocenters. The van der Waals surface area contributed by atoms with Crippen LogP contribution in [0, 0.1) is 0 Å². The van der Waals surface area contributed by atoms with Crippen molar-refractivity contribution in [1.29, 1.82) is 0 Å². The van der Waals surface area contributed by atoms with Gasteiger partial charge in [0, 0.05) is 10.8 Å². The maximum Gasteiger partial charge on any atom is 0.370 e. The maximum absolute atomic E-state index is 10.5. The van der Waals surface area contributed by atoms with Crippen molar-refractivity contribution >= 4 is 27.8 Å². The quantitative estimate of drug-likeness (QED) is 0.287. The van der Waals surface area contributed by atoms with Crippen molar-refractivity contribution in [3.05, 3.63) is 54.6 Å². The second-order valence-corrected chi connectivity index (χ2v) is 5.72. The second-order valence-electron chi connectivity index (χ2n) is 5.72. The number of aromatic nitrogens is 1. The molecule has 5 N–H and O–H groups in total. The summed E-state index contributed by atoms with van der Waals surface area (Å²) in [6.45, 7) is 2.53. The number of aliphatic hydroxyl groups is 1. The number of para-hydroxylation sites is 2. The fraction of sp³-hybridized carbons (Fsp3) is 0.222. The molecule has 1 heterocycles. The molecule has 0 aliphatic heterocycles. The smallest absolute Gasteiger partial charge is 0.370 e. The summed E-state index contributed by atoms with van der Waals surface area (Å²) in [5.74, 6) is -2.47. The van der Waals surface area contributed by atoms with E-state index in [2.05, 4.69) is 33.0 Å². The van der Waals surface area contributed by atoms with E-state index in [0.29, 0.717) is 0 Å². The van der Waals surface area contributed by atoms with Crippen molar-refractivity contribution in [2.24, 2.45) is 11.5 Å². The number of benzene rings is 2. The zero-order chi connectivity index (χ0) is 18.4. The van der Waals surface area contributed by atoms with Crippen LogP contribution in [0.4, 0.5) is 0 Å². The zero-order valence-electron chi connectivity index (χ0n) is 14.0. The van der Waals surface area contributed by atoms with Crippen molar-refractivity contribution in [2.75, 3.05) is 0 Å². The number of carbonyl (C=O) groups excluding carboxylic acids is 1. The van der Waals surface area contributed by atoms with Gasteiger partial charge in [0.25, 0.3) is 0 Å². The second kappa shape index (κ2) is 8.00. The number of aliphatic hydroxyl groups excluding tert-OH is 1. The van der Waals surface area contributed by atoms with Gasteiger partial charge in [-0.1, -0.05) is 36.4 Å². The standard InChI is InChI=1S/C13H9N.C5H12N2O4/c1-3-7-12-10(5-1)9-11-6-2-4-8-13(11)14-12;1-3(8)4(9)10-11-5(2,6)7/h1-9H;3,8H,6-7H2,1-2H3. The van der Waals surface area contributed by atoms with Crippen LogP contribution in [-0.4, -0.2) is 28.0 Å². The Morgan fingerprint density at radius 3 is 2.00 bits per heavy atom. The van der Waals surface area contributed by atoms with E-state index < -0.39 is 17.9 Å². The van der Waals surface area contributed by atoms with Gasteiger partial charge in [0.2, 0.25) is 5.85 Å². The zero-order valence-corrected chi connectivity index (χ0v) is 14.0. The highest BCUT2D eigenvalue weighted by atomic mass is 17.2. The lowest BCUT2D eigenvalue weighted by Gasteiger charge is -2.16. The van der Waals surface area contributed by atoms with Gasteiger partial charge in [-0.05, 0) is 32.0 Å². The Morgan fingerprint density at radius 1 is 1.08 bits per heavy atom. The number of pyridine rings is 1. The Morgan fingerprint density at radius 2 is 1.56 bits per heavy atom. The lowest BCUT2D eigenvalue weighted by atomic mass is 10.1. The largest absolute Gasteiger partial charge is 0.382 e. The third-order valence-corrected chi connectivity index (χ3v) is 3.07. The van der Waals surface area contributed by atoms with Crippen molar-refractivity contribution in [3.8, 4) is 0 Å². The van der Waals surface area contributed by atoms with E-state index >= 15 is 0 Å². The lowest BCUT2D eigenvalue weighted by Crippen LogP contribution is -2.49. The minimum atomic E-state index is -1.54. The highest BCUT2D eigenvalue weighted by Crippen LogP contribution is 2.18. The minimum Gasteiger partial charge on any atom is -0.382 e. The molecule has 132 valence electrons. The van der Waals surface area contributed by atoms with E-state index in [0.717, 1.165) is 11.0 Å². The molecule has 3 aromatic rings. The van der Waals surface area contributed by atoms with Gasteiger partial charge in [0.15, 0.2) is 6.10 Å². The number of nitrogens with zero attached hydrogens (tertiary/aromatic N) is 1. The van der Waals surface area contributed by atoms with Crippen LogP contribution in [0.3, 0.4) is 0 Å². The Balaban J connectivity index is 0.000000188. The first-order valence-electron chi connectivity index (χ1n) is 7.66. The molecule has 7 heteroatoms. The van der Waals surface area contributed by atoms with E-state index in [1.54, 1.807) is 0 Å². The van der Waals surface area contributed by atoms with Crippen molar-refractivity contribution in [3.63, 3.8) is 0 Å². The molecule has 0 saturated carbocycles. The molecule has 0 radical (unpaired) electrons. The molecule has 0 saturated heterocycles. The van der Waals surface area contributed by atoms with E-state index in [1.807, 2.05) is 36.4 Å². The summed E-state index contributed by atoms with van der Waals surface area (Å²) < 4.78 is 0. The highest BCUT2D eigenvalue weighted by molar-refractivity contribution is 5.92. The van der Waals surface area contributed by atoms with Gasteiger partial charge in [-0.3, -0.25) is 16.4 Å². The average Bonchev–Trinajstić information content (AvgIpc) is 2.57. The monoisotopic (exact) mass is 343 g/mol. The van der Waals surface area contributed by atoms with Crippen molar-refractivity contribution < 1.29 is 19.7 Å². The summed E-state index contributed by atoms with van der Waals surface area (Å²) in [5.41, 5.74) is 12.3. The molecule has 0 fully saturated rings. The molecule has 2 aromatic carbocycles. The fourth-order valence-electron chi connectivity index (χ4n) is 1.92. The van der Waals surface area contributed by atoms with Gasteiger partial charge in [-0.2, -0.15) is 0 Å². The van der Waals surface area contributed by atoms with E-state index in [1.165, 1.54) is 24.6 Å². The Hall–Kier alpha value is -2.58. The summed E-state index contributed by atoms with van der Waals surface area (Å²) in [4.78, 5) is 23.3. The molecule has 0 spiro atoms. The van der Waals surface area contributed by atoms with Crippen LogP contribution in [-0.2, 0) is 14.6 Å². The van der Waals surface area contributed by atoms with E-state index in [4.69, 9.17) is 16.6 Å². The topological polar surface area (TPSA) is 121 Å². The normalized spacial score (nSPS) is 12.4. The highest BCUT2D eigenvalue weighted by Gasteiger charge is 2.18. The summed E-state index contributed by atoms with van der Waals surface area (Å²) in [6.07, 6.45) is -1.25. The van der Waals surface area contributed by atoms with Gasteiger partial charge < -0.3 is 5.11 Å². The van der Waals surface area contributed by atoms with Gasteiger partial charge in [-0.25, -0.2) is 9.78 Å². The number of carbonyl (C=O) groups is 1. The molecule has 25 heavy (non-hydrogen) atoms. The summed E-state index contributed by atoms with van der Waals surface area (Å²) in [5, 5.41) is 11.0. The first kappa shape index (κ1) is 18.8. The maximum atomic E-state index is 10.5. The van der Waals surface area contributed by atoms with Gasteiger partial charge in [-0.15, -0.1) is 4.89 Å². The minimum absolute atomic E-state index is 0.938. The van der Waals surface area contributed by atoms with Gasteiger partial charge >= 0.3 is 5.97 Å². The predicted octanol–water partition coefficient (Wildman–Crippen LogP) is 1.82. The van der Waals surface area contributed by atoms with Crippen LogP contribution in [0.15, 0.2) is 54.6 Å². The van der Waals surface area contributed by atoms with Gasteiger partial charge in [0.1, 0.15) is 0 Å². The first-order chi connectivity index (χ1) is 11.8. The number of hydrogen-bond donors (Lipinski definition) is 3. The summed E-state index contributed by atoms with van der Waals surface area (Å²) in [6, 6.07) is 18.6. The Labute approximate surface area is 145 Å². The molecule has 7 nitrogen and oxygen atoms in total. The van der Waals surface area contributed by atoms with E-state index in [-0.39, 0.29) is 0 Å². The fourth-order valence-corrected chi connectivity index (χ4v) is 1.92. The van der Waals surface area contributed by atoms with Crippen molar-refractivity contribution in [2.45, 2.75) is 25.8 Å². The Kier molecular flexibility index (Phi) is 6.00. The molecule has 1 atom stereocenters. The average molecular weight is 343 g/mol. The van der Waals surface area contributed by atoms with Crippen LogP contribution in [0.1, 0.15) is 13.8 Å². The van der Waals surface area contributed by atoms with Crippen LogP contribution in [0.5, 0.6) is 0 Å². The summed E-state index contributed by atoms with van der Waals surface area (Å²) >= 11 is 0. The third kappa shape index (κ3) is 5.77. The molecule has 0 aliphatic carbocycles. The predicted molar refractivity (Wildman–Crippen MR) is 94.9 cm³/mol. The molecule has 0 amide bonds. The molecule has 1 aromatic heterocycles. The molecular formula is C18H21N3O4. The first-order valence-corrected chi connectivity index (χ1v) is 7.66. The lowest BCUT2D eigenvalue weighted by molar-refractivity contribution is -0.330. The molecule has 0 bridgehead atoms. The van der Waals surface area contributed by atoms with Crippen LogP contribution in [0.2, 0.25) is 0 Å². The Bertz CT molecular complexity index is 754. The van der Waals surface area contributed by atoms with Crippen molar-refractivity contribution in [1.82, 2.24) is 4.98 Å². The van der Waals surface area contributed by atoms with E-state index in [9.17, 15) is 4.79 Å². The number of rotatable bonds is 3. The third-order valence-electron chi connectivity index (χ3n) is 3.07. The molecule has 3 rings (SSSR count). The van der Waals surface area contributed by atoms with Crippen LogP contribution < -0.4 is 11.5 Å². The summed E-state index contributed by atoms with van der Waals surface area (Å²) in [7, 11) is 0. The SMILES string of the molecule is CC(O)C(=O)OOC(C)(N)N.c1ccc2nc3ccccc3cc2c1.